The Labute approximate surface area is 155 Å². The number of hydrogen-bond donors (Lipinski definition) is 5. The average molecular weight is 397 g/mol. The van der Waals surface area contributed by atoms with Crippen molar-refractivity contribution in [3.8, 4) is 0 Å². The van der Waals surface area contributed by atoms with Crippen molar-refractivity contribution in [1.82, 2.24) is 5.32 Å². The van der Waals surface area contributed by atoms with Crippen LogP contribution in [0.1, 0.15) is 6.92 Å². The lowest BCUT2D eigenvalue weighted by Gasteiger charge is -2.40. The number of thioether (sulfide) groups is 1. The molecule has 26 heavy (non-hydrogen) atoms. The summed E-state index contributed by atoms with van der Waals surface area (Å²) in [5, 5.41) is 40.8. The molecule has 0 aromatic carbocycles. The van der Waals surface area contributed by atoms with Gasteiger partial charge in [0.1, 0.15) is 37.1 Å². The van der Waals surface area contributed by atoms with E-state index in [1.54, 1.807) is 0 Å². The number of ether oxygens (including phenoxy) is 3. The molecule has 5 N–H and O–H groups in total. The minimum absolute atomic E-state index is 0.0286. The van der Waals surface area contributed by atoms with E-state index in [4.69, 9.17) is 19.3 Å². The molecule has 5 atom stereocenters. The minimum atomic E-state index is -1.47. The van der Waals surface area contributed by atoms with Gasteiger partial charge < -0.3 is 40.0 Å². The molecule has 1 fully saturated rings. The highest BCUT2D eigenvalue weighted by atomic mass is 32.2. The molecule has 0 aliphatic carbocycles. The number of nitrogens with one attached hydrogen (secondary N) is 1. The van der Waals surface area contributed by atoms with E-state index in [-0.39, 0.29) is 24.9 Å². The van der Waals surface area contributed by atoms with Crippen LogP contribution in [0.25, 0.3) is 0 Å². The van der Waals surface area contributed by atoms with Crippen LogP contribution >= 0.6 is 11.8 Å². The van der Waals surface area contributed by atoms with E-state index >= 15 is 0 Å². The number of aliphatic hydroxyl groups excluding tert-OH is 4. The summed E-state index contributed by atoms with van der Waals surface area (Å²) in [7, 11) is 0. The first-order valence-electron chi connectivity index (χ1n) is 8.22. The summed E-state index contributed by atoms with van der Waals surface area (Å²) in [6, 6.07) is 0. The molecular formula is C15H27NO9S. The Morgan fingerprint density at radius 2 is 1.69 bits per heavy atom. The van der Waals surface area contributed by atoms with Crippen LogP contribution in [0.5, 0.6) is 0 Å². The van der Waals surface area contributed by atoms with Crippen LogP contribution in [0, 0.1) is 0 Å². The number of carbonyl (C=O) groups is 2. The Bertz CT molecular complexity index is 437. The molecule has 0 aromatic rings. The van der Waals surface area contributed by atoms with Gasteiger partial charge in [-0.05, 0) is 0 Å². The van der Waals surface area contributed by atoms with Crippen LogP contribution < -0.4 is 5.32 Å². The van der Waals surface area contributed by atoms with E-state index in [1.807, 2.05) is 0 Å². The Balaban J connectivity index is 2.13. The van der Waals surface area contributed by atoms with E-state index in [1.165, 1.54) is 18.7 Å². The number of rotatable bonds is 11. The molecule has 1 aliphatic heterocycles. The molecule has 10 nitrogen and oxygen atoms in total. The van der Waals surface area contributed by atoms with Gasteiger partial charge in [-0.3, -0.25) is 9.59 Å². The monoisotopic (exact) mass is 397 g/mol. The zero-order valence-corrected chi connectivity index (χ0v) is 15.4. The van der Waals surface area contributed by atoms with Crippen molar-refractivity contribution in [2.24, 2.45) is 0 Å². The second-order valence-electron chi connectivity index (χ2n) is 5.68. The summed E-state index contributed by atoms with van der Waals surface area (Å²) in [5.74, 6) is 0.114. The molecule has 11 heteroatoms. The summed E-state index contributed by atoms with van der Waals surface area (Å²) < 4.78 is 15.6. The maximum Gasteiger partial charge on any atom is 0.246 e. The predicted molar refractivity (Wildman–Crippen MR) is 91.6 cm³/mol. The Morgan fingerprint density at radius 1 is 1.04 bits per heavy atom. The van der Waals surface area contributed by atoms with Gasteiger partial charge in [0.2, 0.25) is 5.91 Å². The van der Waals surface area contributed by atoms with Crippen LogP contribution in [-0.4, -0.2) is 107 Å². The molecule has 152 valence electrons. The van der Waals surface area contributed by atoms with E-state index in [0.29, 0.717) is 19.0 Å². The van der Waals surface area contributed by atoms with E-state index in [2.05, 4.69) is 5.32 Å². The van der Waals surface area contributed by atoms with Gasteiger partial charge in [0.15, 0.2) is 5.12 Å². The molecule has 0 saturated carbocycles. The lowest BCUT2D eigenvalue weighted by molar-refractivity contribution is -0.227. The summed E-state index contributed by atoms with van der Waals surface area (Å²) in [5.41, 5.74) is 0. The predicted octanol–water partition coefficient (Wildman–Crippen LogP) is -2.74. The van der Waals surface area contributed by atoms with Crippen LogP contribution in [-0.2, 0) is 23.8 Å². The first-order chi connectivity index (χ1) is 12.4. The molecule has 1 saturated heterocycles. The van der Waals surface area contributed by atoms with Gasteiger partial charge >= 0.3 is 0 Å². The molecule has 0 unspecified atom stereocenters. The summed E-state index contributed by atoms with van der Waals surface area (Å²) in [4.78, 5) is 22.4. The molecule has 1 aliphatic rings. The standard InChI is InChI=1S/C15H27NO9S/c1-9(18)26-5-4-23-2-3-24-8-12(19)16-6-10-13(20)15(22)14(21)11(7-17)25-10/h10-11,13-15,17,20-22H,2-8H2,1H3,(H,16,19)/t10-,11+,13-,14-,15+/m0/s1. The van der Waals surface area contributed by atoms with Gasteiger partial charge in [-0.1, -0.05) is 11.8 Å². The average Bonchev–Trinajstić information content (AvgIpc) is 2.61. The molecule has 0 aromatic heterocycles. The van der Waals surface area contributed by atoms with Gasteiger partial charge in [0.25, 0.3) is 0 Å². The number of amides is 1. The van der Waals surface area contributed by atoms with E-state index < -0.39 is 43.0 Å². The first-order valence-corrected chi connectivity index (χ1v) is 9.21. The summed E-state index contributed by atoms with van der Waals surface area (Å²) >= 11 is 1.17. The SMILES string of the molecule is CC(=O)SCCOCCOCC(=O)NC[C@@H]1O[C@H](CO)[C@H](O)[C@H](O)[C@H]1O. The van der Waals surface area contributed by atoms with Gasteiger partial charge in [-0.2, -0.15) is 0 Å². The fourth-order valence-corrected chi connectivity index (χ4v) is 2.73. The van der Waals surface area contributed by atoms with Crippen LogP contribution in [0.2, 0.25) is 0 Å². The maximum atomic E-state index is 11.7. The topological polar surface area (TPSA) is 155 Å². The Morgan fingerprint density at radius 3 is 2.35 bits per heavy atom. The van der Waals surface area contributed by atoms with Gasteiger partial charge in [-0.25, -0.2) is 0 Å². The van der Waals surface area contributed by atoms with E-state index in [0.717, 1.165) is 0 Å². The fraction of sp³-hybridized carbons (Fsp3) is 0.867. The highest BCUT2D eigenvalue weighted by Gasteiger charge is 2.43. The van der Waals surface area contributed by atoms with Crippen molar-refractivity contribution < 1.29 is 44.2 Å². The maximum absolute atomic E-state index is 11.7. The van der Waals surface area contributed by atoms with Gasteiger partial charge in [-0.15, -0.1) is 0 Å². The first kappa shape index (κ1) is 23.2. The number of carbonyl (C=O) groups excluding carboxylic acids is 2. The highest BCUT2D eigenvalue weighted by molar-refractivity contribution is 8.13. The normalized spacial score (nSPS) is 28.7. The molecule has 0 spiro atoms. The van der Waals surface area contributed by atoms with Crippen molar-refractivity contribution in [3.63, 3.8) is 0 Å². The van der Waals surface area contributed by atoms with Gasteiger partial charge in [0.05, 0.1) is 26.4 Å². The number of aliphatic hydroxyl groups is 4. The third kappa shape index (κ3) is 8.27. The molecule has 0 bridgehead atoms. The molecule has 0 radical (unpaired) electrons. The molecule has 1 heterocycles. The summed E-state index contributed by atoms with van der Waals surface area (Å²) in [6.07, 6.45) is -6.27. The fourth-order valence-electron chi connectivity index (χ4n) is 2.24. The zero-order valence-electron chi connectivity index (χ0n) is 14.6. The number of hydrogen-bond acceptors (Lipinski definition) is 10. The van der Waals surface area contributed by atoms with Crippen molar-refractivity contribution in [3.05, 3.63) is 0 Å². The van der Waals surface area contributed by atoms with Crippen molar-refractivity contribution in [2.45, 2.75) is 37.4 Å². The van der Waals surface area contributed by atoms with Crippen molar-refractivity contribution in [1.29, 1.82) is 0 Å². The van der Waals surface area contributed by atoms with Gasteiger partial charge in [0, 0.05) is 19.2 Å². The molecule has 1 rings (SSSR count). The van der Waals surface area contributed by atoms with Crippen molar-refractivity contribution >= 4 is 22.8 Å². The second-order valence-corrected chi connectivity index (χ2v) is 6.95. The molecule has 1 amide bonds. The summed E-state index contributed by atoms with van der Waals surface area (Å²) in [6.45, 7) is 1.54. The minimum Gasteiger partial charge on any atom is -0.394 e. The largest absolute Gasteiger partial charge is 0.394 e. The van der Waals surface area contributed by atoms with Crippen LogP contribution in [0.3, 0.4) is 0 Å². The molecular weight excluding hydrogens is 370 g/mol. The van der Waals surface area contributed by atoms with Crippen molar-refractivity contribution in [2.75, 3.05) is 45.3 Å². The quantitative estimate of drug-likeness (QED) is 0.232. The van der Waals surface area contributed by atoms with Crippen LogP contribution in [0.4, 0.5) is 0 Å². The Kier molecular flexibility index (Phi) is 11.2. The highest BCUT2D eigenvalue weighted by Crippen LogP contribution is 2.20. The zero-order chi connectivity index (χ0) is 19.5. The van der Waals surface area contributed by atoms with Crippen LogP contribution in [0.15, 0.2) is 0 Å². The second kappa shape index (κ2) is 12.6. The lowest BCUT2D eigenvalue weighted by atomic mass is 9.95. The smallest absolute Gasteiger partial charge is 0.246 e. The third-order valence-electron chi connectivity index (χ3n) is 3.63. The van der Waals surface area contributed by atoms with E-state index in [9.17, 15) is 24.9 Å². The Hall–Kier alpha value is -0.790. The third-order valence-corrected chi connectivity index (χ3v) is 4.41. The lowest BCUT2D eigenvalue weighted by Crippen LogP contribution is -2.60.